The van der Waals surface area contributed by atoms with E-state index in [0.29, 0.717) is 23.2 Å². The van der Waals surface area contributed by atoms with Crippen LogP contribution in [-0.2, 0) is 4.79 Å². The van der Waals surface area contributed by atoms with Crippen molar-refractivity contribution in [2.75, 3.05) is 13.2 Å². The van der Waals surface area contributed by atoms with Crippen molar-refractivity contribution in [3.63, 3.8) is 0 Å². The minimum Gasteiger partial charge on any atom is -0.484 e. The lowest BCUT2D eigenvalue weighted by Gasteiger charge is -2.16. The molecule has 1 saturated carbocycles. The third-order valence-corrected chi connectivity index (χ3v) is 3.19. The standard InChI is InChI=1S/C13H17ClN2O2.ClH/c14-10-2-1-3-11(6-10)18-8-13(17)16-12(7-15)9-4-5-9;/h1-3,6,9,12H,4-5,7-8,15H2,(H,16,17);1H. The van der Waals surface area contributed by atoms with E-state index in [1.54, 1.807) is 24.3 Å². The summed E-state index contributed by atoms with van der Waals surface area (Å²) in [5.41, 5.74) is 5.62. The number of carbonyl (C=O) groups excluding carboxylic acids is 1. The van der Waals surface area contributed by atoms with E-state index >= 15 is 0 Å². The van der Waals surface area contributed by atoms with Crippen molar-refractivity contribution in [1.82, 2.24) is 5.32 Å². The van der Waals surface area contributed by atoms with Crippen molar-refractivity contribution in [3.05, 3.63) is 29.3 Å². The average Bonchev–Trinajstić information content (AvgIpc) is 3.18. The monoisotopic (exact) mass is 304 g/mol. The Hall–Kier alpha value is -0.970. The number of nitrogens with one attached hydrogen (secondary N) is 1. The molecule has 1 aromatic rings. The number of ether oxygens (including phenoxy) is 1. The lowest BCUT2D eigenvalue weighted by atomic mass is 10.2. The van der Waals surface area contributed by atoms with Gasteiger partial charge in [-0.3, -0.25) is 4.79 Å². The highest BCUT2D eigenvalue weighted by molar-refractivity contribution is 6.30. The zero-order chi connectivity index (χ0) is 13.0. The van der Waals surface area contributed by atoms with Gasteiger partial charge in [-0.1, -0.05) is 17.7 Å². The third-order valence-electron chi connectivity index (χ3n) is 2.96. The Balaban J connectivity index is 0.00000180. The number of halogens is 2. The second kappa shape index (κ2) is 7.58. The minimum absolute atomic E-state index is 0. The summed E-state index contributed by atoms with van der Waals surface area (Å²) in [6.07, 6.45) is 2.30. The summed E-state index contributed by atoms with van der Waals surface area (Å²) in [4.78, 5) is 11.7. The molecule has 3 N–H and O–H groups in total. The van der Waals surface area contributed by atoms with Crippen molar-refractivity contribution in [2.45, 2.75) is 18.9 Å². The van der Waals surface area contributed by atoms with Crippen LogP contribution in [0.5, 0.6) is 5.75 Å². The molecular weight excluding hydrogens is 287 g/mol. The maximum absolute atomic E-state index is 11.7. The smallest absolute Gasteiger partial charge is 0.258 e. The predicted molar refractivity (Wildman–Crippen MR) is 77.9 cm³/mol. The van der Waals surface area contributed by atoms with Gasteiger partial charge >= 0.3 is 0 Å². The molecule has 0 heterocycles. The van der Waals surface area contributed by atoms with Crippen LogP contribution in [0.15, 0.2) is 24.3 Å². The van der Waals surface area contributed by atoms with Gasteiger partial charge in [-0.2, -0.15) is 0 Å². The number of nitrogens with two attached hydrogens (primary N) is 1. The summed E-state index contributed by atoms with van der Waals surface area (Å²) in [6.45, 7) is 0.469. The molecule has 1 atom stereocenters. The van der Waals surface area contributed by atoms with E-state index in [1.165, 1.54) is 0 Å². The third kappa shape index (κ3) is 5.27. The molecule has 1 unspecified atom stereocenters. The highest BCUT2D eigenvalue weighted by atomic mass is 35.5. The van der Waals surface area contributed by atoms with Crippen LogP contribution in [0.1, 0.15) is 12.8 Å². The maximum Gasteiger partial charge on any atom is 0.258 e. The highest BCUT2D eigenvalue weighted by Gasteiger charge is 2.31. The Kier molecular flexibility index (Phi) is 6.42. The SMILES string of the molecule is Cl.NCC(NC(=O)COc1cccc(Cl)c1)C1CC1. The first-order valence-electron chi connectivity index (χ1n) is 6.07. The molecule has 4 nitrogen and oxygen atoms in total. The van der Waals surface area contributed by atoms with Crippen LogP contribution in [0.25, 0.3) is 0 Å². The molecule has 1 fully saturated rings. The first kappa shape index (κ1) is 16.1. The molecule has 1 aromatic carbocycles. The summed E-state index contributed by atoms with van der Waals surface area (Å²) >= 11 is 5.82. The zero-order valence-corrected chi connectivity index (χ0v) is 12.0. The van der Waals surface area contributed by atoms with E-state index in [1.807, 2.05) is 0 Å². The molecule has 6 heteroatoms. The van der Waals surface area contributed by atoms with Gasteiger partial charge in [0.1, 0.15) is 5.75 Å². The van der Waals surface area contributed by atoms with Crippen molar-refractivity contribution >= 4 is 29.9 Å². The molecule has 19 heavy (non-hydrogen) atoms. The average molecular weight is 305 g/mol. The van der Waals surface area contributed by atoms with E-state index in [0.717, 1.165) is 12.8 Å². The molecule has 1 aliphatic rings. The lowest BCUT2D eigenvalue weighted by molar-refractivity contribution is -0.123. The molecule has 2 rings (SSSR count). The molecule has 1 aliphatic carbocycles. The lowest BCUT2D eigenvalue weighted by Crippen LogP contribution is -2.43. The molecular formula is C13H18Cl2N2O2. The summed E-state index contributed by atoms with van der Waals surface area (Å²) < 4.78 is 5.36. The number of amides is 1. The zero-order valence-electron chi connectivity index (χ0n) is 10.5. The van der Waals surface area contributed by atoms with Gasteiger partial charge in [-0.05, 0) is 37.0 Å². The first-order valence-corrected chi connectivity index (χ1v) is 6.44. The van der Waals surface area contributed by atoms with Crippen molar-refractivity contribution in [1.29, 1.82) is 0 Å². The quantitative estimate of drug-likeness (QED) is 0.845. The van der Waals surface area contributed by atoms with Gasteiger partial charge in [-0.25, -0.2) is 0 Å². The summed E-state index contributed by atoms with van der Waals surface area (Å²) in [5, 5.41) is 3.48. The second-order valence-electron chi connectivity index (χ2n) is 4.49. The normalized spacial score (nSPS) is 15.3. The number of rotatable bonds is 6. The van der Waals surface area contributed by atoms with Crippen LogP contribution in [0, 0.1) is 5.92 Å². The van der Waals surface area contributed by atoms with E-state index in [9.17, 15) is 4.79 Å². The Morgan fingerprint density at radius 2 is 2.26 bits per heavy atom. The summed E-state index contributed by atoms with van der Waals surface area (Å²) in [5.74, 6) is 0.996. The molecule has 1 amide bonds. The fourth-order valence-electron chi connectivity index (χ4n) is 1.82. The Bertz CT molecular complexity index is 425. The fourth-order valence-corrected chi connectivity index (χ4v) is 2.00. The molecule has 0 aliphatic heterocycles. The van der Waals surface area contributed by atoms with Crippen LogP contribution in [0.4, 0.5) is 0 Å². The van der Waals surface area contributed by atoms with Crippen LogP contribution < -0.4 is 15.8 Å². The fraction of sp³-hybridized carbons (Fsp3) is 0.462. The summed E-state index contributed by atoms with van der Waals surface area (Å²) in [6, 6.07) is 7.06. The van der Waals surface area contributed by atoms with Gasteiger partial charge in [0.25, 0.3) is 5.91 Å². The number of hydrogen-bond donors (Lipinski definition) is 2. The van der Waals surface area contributed by atoms with E-state index in [-0.39, 0.29) is 31.0 Å². The molecule has 0 aromatic heterocycles. The van der Waals surface area contributed by atoms with Crippen molar-refractivity contribution in [2.24, 2.45) is 11.7 Å². The minimum atomic E-state index is -0.141. The predicted octanol–water partition coefficient (Wildman–Crippen LogP) is 1.99. The van der Waals surface area contributed by atoms with Gasteiger partial charge in [-0.15, -0.1) is 12.4 Å². The van der Waals surface area contributed by atoms with Crippen LogP contribution >= 0.6 is 24.0 Å². The first-order chi connectivity index (χ1) is 8.69. The Labute approximate surface area is 124 Å². The van der Waals surface area contributed by atoms with Gasteiger partial charge in [0, 0.05) is 17.6 Å². The number of carbonyl (C=O) groups is 1. The Morgan fingerprint density at radius 3 is 2.84 bits per heavy atom. The van der Waals surface area contributed by atoms with Gasteiger partial charge < -0.3 is 15.8 Å². The maximum atomic E-state index is 11.7. The van der Waals surface area contributed by atoms with E-state index in [2.05, 4.69) is 5.32 Å². The molecule has 0 spiro atoms. The number of benzene rings is 1. The van der Waals surface area contributed by atoms with Crippen molar-refractivity contribution in [3.8, 4) is 5.75 Å². The van der Waals surface area contributed by atoms with Gasteiger partial charge in [0.05, 0.1) is 0 Å². The van der Waals surface area contributed by atoms with Gasteiger partial charge in [0.15, 0.2) is 6.61 Å². The van der Waals surface area contributed by atoms with Crippen LogP contribution in [-0.4, -0.2) is 25.1 Å². The highest BCUT2D eigenvalue weighted by Crippen LogP contribution is 2.32. The molecule has 0 bridgehead atoms. The van der Waals surface area contributed by atoms with Crippen LogP contribution in [0.3, 0.4) is 0 Å². The second-order valence-corrected chi connectivity index (χ2v) is 4.93. The van der Waals surface area contributed by atoms with E-state index < -0.39 is 0 Å². The molecule has 0 saturated heterocycles. The summed E-state index contributed by atoms with van der Waals surface area (Å²) in [7, 11) is 0. The largest absolute Gasteiger partial charge is 0.484 e. The molecule has 0 radical (unpaired) electrons. The van der Waals surface area contributed by atoms with E-state index in [4.69, 9.17) is 22.1 Å². The van der Waals surface area contributed by atoms with Crippen LogP contribution in [0.2, 0.25) is 5.02 Å². The molecule has 106 valence electrons. The topological polar surface area (TPSA) is 64.3 Å². The number of hydrogen-bond acceptors (Lipinski definition) is 3. The van der Waals surface area contributed by atoms with Gasteiger partial charge in [0.2, 0.25) is 0 Å². The van der Waals surface area contributed by atoms with Crippen molar-refractivity contribution < 1.29 is 9.53 Å². The Morgan fingerprint density at radius 1 is 1.53 bits per heavy atom.